The summed E-state index contributed by atoms with van der Waals surface area (Å²) in [6, 6.07) is 2.05. The van der Waals surface area contributed by atoms with Gasteiger partial charge in [-0.05, 0) is 27.9 Å². The zero-order chi connectivity index (χ0) is 16.7. The molecule has 3 aromatic rings. The number of halogens is 3. The molecule has 9 heteroatoms. The zero-order valence-corrected chi connectivity index (χ0v) is 14.5. The topological polar surface area (TPSA) is 70.7 Å². The van der Waals surface area contributed by atoms with E-state index in [0.717, 1.165) is 29.2 Å². The first-order chi connectivity index (χ1) is 10.9. The van der Waals surface area contributed by atoms with Crippen LogP contribution >= 0.6 is 27.3 Å². The van der Waals surface area contributed by atoms with E-state index in [1.54, 1.807) is 0 Å². The van der Waals surface area contributed by atoms with E-state index in [4.69, 9.17) is 0 Å². The number of anilines is 1. The fourth-order valence-electron chi connectivity index (χ4n) is 2.01. The smallest absolute Gasteiger partial charge is 0.279 e. The number of carbonyl (C=O) groups is 1. The van der Waals surface area contributed by atoms with E-state index in [1.807, 2.05) is 13.8 Å². The molecule has 23 heavy (non-hydrogen) atoms. The molecule has 0 aliphatic rings. The Kier molecular flexibility index (Phi) is 4.15. The summed E-state index contributed by atoms with van der Waals surface area (Å²) in [7, 11) is 0. The molecular weight excluding hydrogens is 390 g/mol. The minimum atomic E-state index is -0.975. The van der Waals surface area contributed by atoms with E-state index < -0.39 is 17.5 Å². The molecule has 3 rings (SSSR count). The number of nitrogens with one attached hydrogen (secondary N) is 2. The second kappa shape index (κ2) is 5.97. The number of rotatable bonds is 3. The maximum absolute atomic E-state index is 13.2. The quantitative estimate of drug-likeness (QED) is 0.682. The van der Waals surface area contributed by atoms with Crippen molar-refractivity contribution in [1.29, 1.82) is 0 Å². The highest BCUT2D eigenvalue weighted by atomic mass is 79.9. The van der Waals surface area contributed by atoms with Gasteiger partial charge in [0.1, 0.15) is 0 Å². The van der Waals surface area contributed by atoms with Crippen LogP contribution in [0.3, 0.4) is 0 Å². The number of H-pyrrole nitrogens is 1. The van der Waals surface area contributed by atoms with Crippen LogP contribution in [0.15, 0.2) is 16.6 Å². The fourth-order valence-corrected chi connectivity index (χ4v) is 3.69. The number of benzene rings is 1. The van der Waals surface area contributed by atoms with Crippen molar-refractivity contribution in [2.24, 2.45) is 0 Å². The summed E-state index contributed by atoms with van der Waals surface area (Å²) >= 11 is 4.41. The lowest BCUT2D eigenvalue weighted by Gasteiger charge is -2.01. The molecule has 0 saturated heterocycles. The summed E-state index contributed by atoms with van der Waals surface area (Å²) in [5.74, 6) is -2.21. The monoisotopic (exact) mass is 400 g/mol. The average molecular weight is 401 g/mol. The van der Waals surface area contributed by atoms with Crippen LogP contribution in [-0.2, 0) is 0 Å². The van der Waals surface area contributed by atoms with Gasteiger partial charge in [0.2, 0.25) is 0 Å². The van der Waals surface area contributed by atoms with E-state index in [1.165, 1.54) is 0 Å². The molecule has 1 aromatic carbocycles. The first-order valence-electron chi connectivity index (χ1n) is 6.67. The predicted octanol–water partition coefficient (Wildman–Crippen LogP) is 4.44. The molecule has 0 fully saturated rings. The van der Waals surface area contributed by atoms with Crippen molar-refractivity contribution in [1.82, 2.24) is 15.2 Å². The van der Waals surface area contributed by atoms with E-state index in [2.05, 4.69) is 36.4 Å². The summed E-state index contributed by atoms with van der Waals surface area (Å²) in [5.41, 5.74) is 1.29. The van der Waals surface area contributed by atoms with Gasteiger partial charge in [-0.25, -0.2) is 13.8 Å². The summed E-state index contributed by atoms with van der Waals surface area (Å²) < 4.78 is 27.4. The van der Waals surface area contributed by atoms with Crippen LogP contribution in [0.2, 0.25) is 0 Å². The van der Waals surface area contributed by atoms with Crippen molar-refractivity contribution in [2.45, 2.75) is 19.8 Å². The van der Waals surface area contributed by atoms with Gasteiger partial charge in [-0.15, -0.1) is 0 Å². The molecule has 0 aliphatic carbocycles. The molecular formula is C14H11BrF2N4OS. The van der Waals surface area contributed by atoms with Gasteiger partial charge >= 0.3 is 0 Å². The van der Waals surface area contributed by atoms with E-state index in [9.17, 15) is 13.6 Å². The van der Waals surface area contributed by atoms with Crippen molar-refractivity contribution in [2.75, 3.05) is 5.32 Å². The number of nitrogens with zero attached hydrogens (tertiary/aromatic N) is 2. The molecule has 2 heterocycles. The molecule has 0 saturated carbocycles. The van der Waals surface area contributed by atoms with Gasteiger partial charge < -0.3 is 0 Å². The third-order valence-electron chi connectivity index (χ3n) is 3.18. The van der Waals surface area contributed by atoms with Crippen LogP contribution in [0.5, 0.6) is 0 Å². The highest BCUT2D eigenvalue weighted by molar-refractivity contribution is 9.10. The largest absolute Gasteiger partial charge is 0.296 e. The third kappa shape index (κ3) is 2.98. The van der Waals surface area contributed by atoms with Crippen LogP contribution in [0, 0.1) is 11.6 Å². The number of aromatic nitrogens is 3. The minimum absolute atomic E-state index is 0.173. The summed E-state index contributed by atoms with van der Waals surface area (Å²) in [5, 5.41) is 9.63. The highest BCUT2D eigenvalue weighted by Gasteiger charge is 2.20. The molecule has 5 nitrogen and oxygen atoms in total. The van der Waals surface area contributed by atoms with Gasteiger partial charge in [-0.1, -0.05) is 25.2 Å². The van der Waals surface area contributed by atoms with Gasteiger partial charge in [0, 0.05) is 6.07 Å². The minimum Gasteiger partial charge on any atom is -0.296 e. The van der Waals surface area contributed by atoms with Crippen molar-refractivity contribution >= 4 is 48.5 Å². The molecule has 2 aromatic heterocycles. The number of thiazole rings is 1. The molecule has 120 valence electrons. The Morgan fingerprint density at radius 2 is 2.04 bits per heavy atom. The lowest BCUT2D eigenvalue weighted by Crippen LogP contribution is -2.12. The van der Waals surface area contributed by atoms with Crippen LogP contribution in [0.4, 0.5) is 13.9 Å². The number of amides is 1. The molecule has 0 atom stereocenters. The van der Waals surface area contributed by atoms with E-state index in [-0.39, 0.29) is 22.3 Å². The van der Waals surface area contributed by atoms with Crippen molar-refractivity contribution < 1.29 is 13.6 Å². The normalized spacial score (nSPS) is 11.4. The van der Waals surface area contributed by atoms with Crippen LogP contribution in [-0.4, -0.2) is 21.1 Å². The zero-order valence-electron chi connectivity index (χ0n) is 12.1. The SMILES string of the molecule is CC(C)c1[nH]nc(C(=O)Nc2nc3cc(F)c(F)cc3s2)c1Br. The summed E-state index contributed by atoms with van der Waals surface area (Å²) in [6.45, 7) is 3.94. The van der Waals surface area contributed by atoms with Gasteiger partial charge in [0.15, 0.2) is 22.5 Å². The average Bonchev–Trinajstić information content (AvgIpc) is 3.02. The maximum atomic E-state index is 13.2. The van der Waals surface area contributed by atoms with Gasteiger partial charge in [0.25, 0.3) is 5.91 Å². The fraction of sp³-hybridized carbons (Fsp3) is 0.214. The molecule has 0 aliphatic heterocycles. The van der Waals surface area contributed by atoms with Gasteiger partial charge in [0.05, 0.1) is 20.4 Å². The number of carbonyl (C=O) groups excluding carboxylic acids is 1. The highest BCUT2D eigenvalue weighted by Crippen LogP contribution is 2.29. The van der Waals surface area contributed by atoms with Crippen LogP contribution < -0.4 is 5.32 Å². The Labute approximate surface area is 142 Å². The Bertz CT molecular complexity index is 867. The predicted molar refractivity (Wildman–Crippen MR) is 87.9 cm³/mol. The van der Waals surface area contributed by atoms with E-state index >= 15 is 0 Å². The van der Waals surface area contributed by atoms with Gasteiger partial charge in [-0.2, -0.15) is 5.10 Å². The van der Waals surface area contributed by atoms with Crippen LogP contribution in [0.25, 0.3) is 10.2 Å². The summed E-state index contributed by atoms with van der Waals surface area (Å²) in [6.07, 6.45) is 0. The Morgan fingerprint density at radius 1 is 1.35 bits per heavy atom. The second-order valence-electron chi connectivity index (χ2n) is 5.16. The maximum Gasteiger partial charge on any atom is 0.279 e. The first kappa shape index (κ1) is 16.0. The molecule has 0 bridgehead atoms. The Morgan fingerprint density at radius 3 is 2.70 bits per heavy atom. The van der Waals surface area contributed by atoms with Crippen LogP contribution in [0.1, 0.15) is 35.9 Å². The van der Waals surface area contributed by atoms with Crippen molar-refractivity contribution in [3.63, 3.8) is 0 Å². The number of hydrogen-bond acceptors (Lipinski definition) is 4. The molecule has 0 spiro atoms. The number of hydrogen-bond donors (Lipinski definition) is 2. The second-order valence-corrected chi connectivity index (χ2v) is 6.99. The Hall–Kier alpha value is -1.87. The molecule has 1 amide bonds. The molecule has 0 unspecified atom stereocenters. The molecule has 0 radical (unpaired) electrons. The third-order valence-corrected chi connectivity index (χ3v) is 4.91. The lowest BCUT2D eigenvalue weighted by molar-refractivity contribution is 0.102. The van der Waals surface area contributed by atoms with Crippen molar-refractivity contribution in [3.05, 3.63) is 39.6 Å². The Balaban J connectivity index is 1.88. The summed E-state index contributed by atoms with van der Waals surface area (Å²) in [4.78, 5) is 16.4. The van der Waals surface area contributed by atoms with E-state index in [0.29, 0.717) is 9.17 Å². The lowest BCUT2D eigenvalue weighted by atomic mass is 10.1. The standard InChI is InChI=1S/C14H11BrF2N4OS/c1-5(2)11-10(15)12(21-20-11)13(22)19-14-18-8-3-6(16)7(17)4-9(8)23-14/h3-5H,1-2H3,(H,20,21)(H,18,19,22). The van der Waals surface area contributed by atoms with Gasteiger partial charge in [-0.3, -0.25) is 15.2 Å². The molecule has 2 N–H and O–H groups in total. The number of fused-ring (bicyclic) bond motifs is 1. The number of aromatic amines is 1. The first-order valence-corrected chi connectivity index (χ1v) is 8.28. The van der Waals surface area contributed by atoms with Crippen molar-refractivity contribution in [3.8, 4) is 0 Å².